The van der Waals surface area contributed by atoms with Crippen LogP contribution >= 0.6 is 11.6 Å². The van der Waals surface area contributed by atoms with Crippen LogP contribution in [0, 0.1) is 11.7 Å². The van der Waals surface area contributed by atoms with Crippen molar-refractivity contribution in [1.82, 2.24) is 5.32 Å². The number of allylic oxidation sites excluding steroid dienone is 1. The number of rotatable bonds is 9. The highest BCUT2D eigenvalue weighted by atomic mass is 35.5. The molecule has 0 spiro atoms. The first-order chi connectivity index (χ1) is 21.2. The van der Waals surface area contributed by atoms with Gasteiger partial charge in [-0.15, -0.1) is 6.58 Å². The van der Waals surface area contributed by atoms with Crippen LogP contribution in [0.1, 0.15) is 92.1 Å². The smallest absolute Gasteiger partial charge is 0.188 e. The zero-order valence-electron chi connectivity index (χ0n) is 25.3. The van der Waals surface area contributed by atoms with Crippen molar-refractivity contribution < 1.29 is 17.6 Å². The van der Waals surface area contributed by atoms with E-state index >= 15 is 0 Å². The van der Waals surface area contributed by atoms with E-state index in [1.165, 1.54) is 12.1 Å². The molecule has 2 aliphatic rings. The molecule has 7 heteroatoms. The number of halogens is 2. The van der Waals surface area contributed by atoms with Crippen LogP contribution in [-0.2, 0) is 21.0 Å². The average molecular weight is 636 g/mol. The lowest BCUT2D eigenvalue weighted by Crippen LogP contribution is -2.47. The summed E-state index contributed by atoms with van der Waals surface area (Å²) in [5.74, 6) is -0.107. The first-order valence-corrected chi connectivity index (χ1v) is 17.8. The zero-order chi connectivity index (χ0) is 31.2. The second kappa shape index (κ2) is 14.5. The minimum atomic E-state index is -3.88. The Bertz CT molecular complexity index is 1530. The standard InChI is InChI=1S/C37H43ClFNO3S/c1-2-9-27-16-19-31(39)26-35(27)37(44(42,43)34-20-17-30(38)18-21-34)24-22-33(23-25-37)40-32-14-7-6-12-29(13-8-15-32)36(41)28-10-4-3-5-11-28/h2-5,10-11,16-21,26,29,32-33,40H,1,6-9,12-15,22-25H2. The van der Waals surface area contributed by atoms with Crippen molar-refractivity contribution in [3.8, 4) is 0 Å². The fraction of sp³-hybridized carbons (Fsp3) is 0.432. The van der Waals surface area contributed by atoms with Crippen molar-refractivity contribution in [2.24, 2.45) is 5.92 Å². The summed E-state index contributed by atoms with van der Waals surface area (Å²) in [5.41, 5.74) is 2.14. The second-order valence-electron chi connectivity index (χ2n) is 12.5. The molecule has 0 aliphatic heterocycles. The van der Waals surface area contributed by atoms with Gasteiger partial charge in [0.1, 0.15) is 10.6 Å². The van der Waals surface area contributed by atoms with E-state index in [4.69, 9.17) is 11.6 Å². The molecule has 2 saturated carbocycles. The predicted molar refractivity (Wildman–Crippen MR) is 176 cm³/mol. The van der Waals surface area contributed by atoms with Crippen LogP contribution in [-0.4, -0.2) is 26.3 Å². The van der Waals surface area contributed by atoms with E-state index in [-0.39, 0.29) is 22.6 Å². The number of Topliss-reactive ketones (excluding diaryl/α,β-unsaturated/α-hetero) is 1. The van der Waals surface area contributed by atoms with E-state index < -0.39 is 20.4 Å². The Morgan fingerprint density at radius 3 is 2.23 bits per heavy atom. The Hall–Kier alpha value is -2.80. The number of carbonyl (C=O) groups is 1. The molecule has 234 valence electrons. The summed E-state index contributed by atoms with van der Waals surface area (Å²) in [6.07, 6.45) is 11.3. The van der Waals surface area contributed by atoms with Gasteiger partial charge in [0, 0.05) is 28.6 Å². The SMILES string of the molecule is C=CCc1ccc(F)cc1C1(S(=O)(=O)c2ccc(Cl)cc2)CCC(NC2CCCCC(C(=O)c3ccccc3)CCC2)CC1. The molecule has 3 aromatic carbocycles. The summed E-state index contributed by atoms with van der Waals surface area (Å²) >= 11 is 6.10. The molecular formula is C37H43ClFNO3S. The molecular weight excluding hydrogens is 593 g/mol. The Morgan fingerprint density at radius 2 is 1.52 bits per heavy atom. The van der Waals surface area contributed by atoms with Gasteiger partial charge in [0.15, 0.2) is 15.6 Å². The summed E-state index contributed by atoms with van der Waals surface area (Å²) in [6, 6.07) is 21.0. The van der Waals surface area contributed by atoms with Gasteiger partial charge in [-0.05, 0) is 105 Å². The number of ketones is 1. The maximum absolute atomic E-state index is 14.7. The monoisotopic (exact) mass is 635 g/mol. The quantitative estimate of drug-likeness (QED) is 0.188. The molecule has 2 unspecified atom stereocenters. The number of hydrogen-bond acceptors (Lipinski definition) is 4. The molecule has 2 aliphatic carbocycles. The molecule has 5 rings (SSSR count). The van der Waals surface area contributed by atoms with Crippen molar-refractivity contribution in [2.45, 2.75) is 98.8 Å². The highest BCUT2D eigenvalue weighted by molar-refractivity contribution is 7.92. The van der Waals surface area contributed by atoms with Crippen molar-refractivity contribution in [1.29, 1.82) is 0 Å². The van der Waals surface area contributed by atoms with E-state index in [1.54, 1.807) is 36.4 Å². The third-order valence-corrected chi connectivity index (χ3v) is 12.5. The number of hydrogen-bond donors (Lipinski definition) is 1. The van der Waals surface area contributed by atoms with Crippen LogP contribution in [0.4, 0.5) is 4.39 Å². The molecule has 0 heterocycles. The Kier molecular flexibility index (Phi) is 10.8. The van der Waals surface area contributed by atoms with E-state index in [0.29, 0.717) is 48.7 Å². The van der Waals surface area contributed by atoms with Crippen LogP contribution < -0.4 is 5.32 Å². The normalized spacial score (nSPS) is 24.9. The molecule has 2 atom stereocenters. The molecule has 2 fully saturated rings. The predicted octanol–water partition coefficient (Wildman–Crippen LogP) is 9.02. The van der Waals surface area contributed by atoms with Crippen LogP contribution in [0.25, 0.3) is 0 Å². The topological polar surface area (TPSA) is 63.2 Å². The van der Waals surface area contributed by atoms with Gasteiger partial charge < -0.3 is 5.32 Å². The van der Waals surface area contributed by atoms with E-state index in [0.717, 1.165) is 56.1 Å². The highest BCUT2D eigenvalue weighted by Crippen LogP contribution is 2.48. The first-order valence-electron chi connectivity index (χ1n) is 16.0. The first kappa shape index (κ1) is 32.6. The molecule has 0 aromatic heterocycles. The van der Waals surface area contributed by atoms with E-state index in [2.05, 4.69) is 11.9 Å². The van der Waals surface area contributed by atoms with Gasteiger partial charge in [0.2, 0.25) is 0 Å². The minimum absolute atomic E-state index is 0.0700. The summed E-state index contributed by atoms with van der Waals surface area (Å²) in [4.78, 5) is 13.3. The van der Waals surface area contributed by atoms with Gasteiger partial charge in [-0.2, -0.15) is 0 Å². The van der Waals surface area contributed by atoms with Crippen molar-refractivity contribution in [3.05, 3.63) is 113 Å². The lowest BCUT2D eigenvalue weighted by molar-refractivity contribution is 0.0903. The van der Waals surface area contributed by atoms with Crippen LogP contribution in [0.15, 0.2) is 90.3 Å². The summed E-state index contributed by atoms with van der Waals surface area (Å²) < 4.78 is 42.4. The molecule has 3 aromatic rings. The average Bonchev–Trinajstić information content (AvgIpc) is 3.15. The minimum Gasteiger partial charge on any atom is -0.311 e. The Labute approximate surface area is 267 Å². The number of nitrogens with one attached hydrogen (secondary N) is 1. The lowest BCUT2D eigenvalue weighted by Gasteiger charge is -2.42. The van der Waals surface area contributed by atoms with Gasteiger partial charge >= 0.3 is 0 Å². The Balaban J connectivity index is 1.32. The number of carbonyl (C=O) groups excluding carboxylic acids is 1. The molecule has 44 heavy (non-hydrogen) atoms. The van der Waals surface area contributed by atoms with Crippen molar-refractivity contribution >= 4 is 27.2 Å². The van der Waals surface area contributed by atoms with Crippen molar-refractivity contribution in [3.63, 3.8) is 0 Å². The fourth-order valence-corrected chi connectivity index (χ4v) is 9.68. The maximum atomic E-state index is 14.7. The van der Waals surface area contributed by atoms with Crippen molar-refractivity contribution in [2.75, 3.05) is 0 Å². The molecule has 4 nitrogen and oxygen atoms in total. The van der Waals surface area contributed by atoms with Gasteiger partial charge in [0.05, 0.1) is 4.90 Å². The van der Waals surface area contributed by atoms with Gasteiger partial charge in [-0.25, -0.2) is 12.8 Å². The summed E-state index contributed by atoms with van der Waals surface area (Å²) in [5, 5.41) is 4.35. The van der Waals surface area contributed by atoms with Crippen LogP contribution in [0.3, 0.4) is 0 Å². The third-order valence-electron chi connectivity index (χ3n) is 9.72. The van der Waals surface area contributed by atoms with Gasteiger partial charge in [-0.3, -0.25) is 4.79 Å². The van der Waals surface area contributed by atoms with Crippen LogP contribution in [0.5, 0.6) is 0 Å². The van der Waals surface area contributed by atoms with Crippen LogP contribution in [0.2, 0.25) is 5.02 Å². The molecule has 0 radical (unpaired) electrons. The number of sulfone groups is 1. The molecule has 0 bridgehead atoms. The third kappa shape index (κ3) is 7.19. The molecule has 0 amide bonds. The van der Waals surface area contributed by atoms with Gasteiger partial charge in [0.25, 0.3) is 0 Å². The lowest BCUT2D eigenvalue weighted by atomic mass is 9.78. The van der Waals surface area contributed by atoms with E-state index in [1.807, 2.05) is 30.3 Å². The molecule has 1 N–H and O–H groups in total. The zero-order valence-corrected chi connectivity index (χ0v) is 26.9. The Morgan fingerprint density at radius 1 is 0.886 bits per heavy atom. The van der Waals surface area contributed by atoms with Gasteiger partial charge in [-0.1, -0.05) is 73.3 Å². The maximum Gasteiger partial charge on any atom is 0.188 e. The summed E-state index contributed by atoms with van der Waals surface area (Å²) in [7, 11) is -3.88. The second-order valence-corrected chi connectivity index (χ2v) is 15.2. The number of benzene rings is 3. The summed E-state index contributed by atoms with van der Waals surface area (Å²) in [6.45, 7) is 3.86. The fourth-order valence-electron chi connectivity index (χ4n) is 7.36. The molecule has 0 saturated heterocycles. The highest BCUT2D eigenvalue weighted by Gasteiger charge is 2.49. The largest absolute Gasteiger partial charge is 0.311 e. The van der Waals surface area contributed by atoms with E-state index in [9.17, 15) is 17.6 Å².